The van der Waals surface area contributed by atoms with Crippen molar-refractivity contribution in [3.05, 3.63) is 11.0 Å². The Bertz CT molecular complexity index is 233. The summed E-state index contributed by atoms with van der Waals surface area (Å²) in [7, 11) is 0. The SMILES string of the molecule is [c]1nc2ncsc2s1. The Labute approximate surface area is 53.8 Å². The first-order chi connectivity index (χ1) is 3.97. The van der Waals surface area contributed by atoms with Gasteiger partial charge >= 0.3 is 0 Å². The van der Waals surface area contributed by atoms with Crippen LogP contribution in [0.5, 0.6) is 0 Å². The lowest BCUT2D eigenvalue weighted by molar-refractivity contribution is 1.36. The summed E-state index contributed by atoms with van der Waals surface area (Å²) in [4.78, 5) is 7.84. The van der Waals surface area contributed by atoms with E-state index < -0.39 is 0 Å². The molecule has 0 aliphatic heterocycles. The summed E-state index contributed by atoms with van der Waals surface area (Å²) in [6, 6.07) is 0. The van der Waals surface area contributed by atoms with Crippen molar-refractivity contribution in [1.29, 1.82) is 0 Å². The van der Waals surface area contributed by atoms with Gasteiger partial charge in [0, 0.05) is 0 Å². The molecule has 0 spiro atoms. The van der Waals surface area contributed by atoms with Crippen LogP contribution in [0.3, 0.4) is 0 Å². The fourth-order valence-electron chi connectivity index (χ4n) is 0.481. The van der Waals surface area contributed by atoms with E-state index in [1.165, 1.54) is 11.3 Å². The van der Waals surface area contributed by atoms with Crippen molar-refractivity contribution in [3.8, 4) is 0 Å². The van der Waals surface area contributed by atoms with Gasteiger partial charge in [0.05, 0.1) is 5.51 Å². The molecule has 2 aromatic heterocycles. The molecule has 0 aliphatic rings. The van der Waals surface area contributed by atoms with Gasteiger partial charge < -0.3 is 0 Å². The van der Waals surface area contributed by atoms with Crippen molar-refractivity contribution in [1.82, 2.24) is 9.97 Å². The van der Waals surface area contributed by atoms with E-state index in [0.717, 1.165) is 9.66 Å². The second-order valence-corrected chi connectivity index (χ2v) is 3.18. The number of hydrogen-bond acceptors (Lipinski definition) is 4. The molecule has 0 saturated carbocycles. The molecule has 2 rings (SSSR count). The molecule has 8 heavy (non-hydrogen) atoms. The molecule has 0 unspecified atom stereocenters. The first-order valence-corrected chi connectivity index (χ1v) is 3.72. The van der Waals surface area contributed by atoms with Crippen LogP contribution >= 0.6 is 22.7 Å². The summed E-state index contributed by atoms with van der Waals surface area (Å²) < 4.78 is 1.16. The van der Waals surface area contributed by atoms with E-state index in [4.69, 9.17) is 0 Å². The fourth-order valence-corrected chi connectivity index (χ4v) is 1.77. The number of rotatable bonds is 0. The van der Waals surface area contributed by atoms with Crippen LogP contribution in [-0.2, 0) is 0 Å². The molecular weight excluding hydrogens is 140 g/mol. The number of hydrogen-bond donors (Lipinski definition) is 0. The zero-order valence-corrected chi connectivity index (χ0v) is 5.42. The van der Waals surface area contributed by atoms with Gasteiger partial charge in [0.25, 0.3) is 0 Å². The van der Waals surface area contributed by atoms with Gasteiger partial charge in [0.15, 0.2) is 11.2 Å². The monoisotopic (exact) mass is 141 g/mol. The minimum Gasteiger partial charge on any atom is -0.224 e. The molecule has 0 aromatic carbocycles. The third kappa shape index (κ3) is 0.468. The smallest absolute Gasteiger partial charge is 0.182 e. The van der Waals surface area contributed by atoms with Gasteiger partial charge in [-0.1, -0.05) is 11.3 Å². The van der Waals surface area contributed by atoms with Crippen molar-refractivity contribution in [2.45, 2.75) is 0 Å². The van der Waals surface area contributed by atoms with Gasteiger partial charge in [-0.3, -0.25) is 0 Å². The average Bonchev–Trinajstić information content (AvgIpc) is 2.15. The van der Waals surface area contributed by atoms with Gasteiger partial charge in [0.2, 0.25) is 0 Å². The third-order valence-corrected chi connectivity index (χ3v) is 2.50. The minimum atomic E-state index is 0.833. The molecule has 0 amide bonds. The van der Waals surface area contributed by atoms with Crippen molar-refractivity contribution >= 4 is 32.3 Å². The molecule has 0 saturated heterocycles. The summed E-state index contributed by atoms with van der Waals surface area (Å²) in [5.41, 5.74) is 5.38. The van der Waals surface area contributed by atoms with E-state index in [9.17, 15) is 0 Å². The largest absolute Gasteiger partial charge is 0.224 e. The summed E-state index contributed by atoms with van der Waals surface area (Å²) in [5.74, 6) is 0. The normalized spacial score (nSPS) is 10.5. The molecule has 0 aliphatic carbocycles. The highest BCUT2D eigenvalue weighted by Gasteiger charge is 1.95. The van der Waals surface area contributed by atoms with Crippen LogP contribution in [0.2, 0.25) is 0 Å². The van der Waals surface area contributed by atoms with E-state index in [0.29, 0.717) is 0 Å². The molecule has 4 heteroatoms. The maximum Gasteiger partial charge on any atom is 0.182 e. The van der Waals surface area contributed by atoms with Crippen molar-refractivity contribution in [3.63, 3.8) is 0 Å². The Balaban J connectivity index is 3.06. The van der Waals surface area contributed by atoms with E-state index >= 15 is 0 Å². The minimum absolute atomic E-state index is 0.833. The summed E-state index contributed by atoms with van der Waals surface area (Å²) in [6.45, 7) is 0. The molecule has 0 fully saturated rings. The van der Waals surface area contributed by atoms with Crippen LogP contribution in [0.15, 0.2) is 5.51 Å². The van der Waals surface area contributed by atoms with Gasteiger partial charge in [-0.2, -0.15) is 0 Å². The van der Waals surface area contributed by atoms with Crippen LogP contribution in [-0.4, -0.2) is 9.97 Å². The third-order valence-electron chi connectivity index (χ3n) is 0.807. The first-order valence-electron chi connectivity index (χ1n) is 2.03. The van der Waals surface area contributed by atoms with Gasteiger partial charge in [-0.05, 0) is 0 Å². The van der Waals surface area contributed by atoms with Crippen molar-refractivity contribution < 1.29 is 0 Å². The maximum atomic E-state index is 3.97. The van der Waals surface area contributed by atoms with Crippen molar-refractivity contribution in [2.24, 2.45) is 0 Å². The predicted molar refractivity (Wildman–Crippen MR) is 34.1 cm³/mol. The fraction of sp³-hybridized carbons (Fsp3) is 0. The highest BCUT2D eigenvalue weighted by Crippen LogP contribution is 2.19. The lowest BCUT2D eigenvalue weighted by Gasteiger charge is -1.60. The van der Waals surface area contributed by atoms with E-state index in [1.807, 2.05) is 0 Å². The highest BCUT2D eigenvalue weighted by atomic mass is 32.2. The molecule has 0 bridgehead atoms. The summed E-state index contributed by atoms with van der Waals surface area (Å²) in [6.07, 6.45) is 0. The number of thiazole rings is 2. The molecule has 2 aromatic rings. The maximum absolute atomic E-state index is 3.97. The Hall–Kier alpha value is -0.480. The molecule has 0 N–H and O–H groups in total. The quantitative estimate of drug-likeness (QED) is 0.556. The second-order valence-electron chi connectivity index (χ2n) is 1.27. The standard InChI is InChI=1S/C4HN2S2/c1-5-3-4(7-1)8-2-6-3/h1H. The second kappa shape index (κ2) is 1.50. The molecule has 0 atom stereocenters. The van der Waals surface area contributed by atoms with Crippen LogP contribution in [0.1, 0.15) is 0 Å². The van der Waals surface area contributed by atoms with Gasteiger partial charge in [-0.25, -0.2) is 9.97 Å². The van der Waals surface area contributed by atoms with Crippen molar-refractivity contribution in [2.75, 3.05) is 0 Å². The van der Waals surface area contributed by atoms with Gasteiger partial charge in [-0.15, -0.1) is 11.3 Å². The number of nitrogens with zero attached hydrogens (tertiary/aromatic N) is 2. The molecule has 39 valence electrons. The Morgan fingerprint density at radius 3 is 3.50 bits per heavy atom. The summed E-state index contributed by atoms with van der Waals surface area (Å²) in [5, 5.41) is 0. The first kappa shape index (κ1) is 4.40. The van der Waals surface area contributed by atoms with E-state index in [2.05, 4.69) is 15.5 Å². The molecule has 1 radical (unpaired) electrons. The molecule has 2 nitrogen and oxygen atoms in total. The van der Waals surface area contributed by atoms with E-state index in [1.54, 1.807) is 16.8 Å². The number of fused-ring (bicyclic) bond motifs is 1. The van der Waals surface area contributed by atoms with Crippen LogP contribution in [0.4, 0.5) is 0 Å². The topological polar surface area (TPSA) is 25.8 Å². The van der Waals surface area contributed by atoms with Gasteiger partial charge in [0.1, 0.15) is 4.01 Å². The average molecular weight is 141 g/mol. The lowest BCUT2D eigenvalue weighted by Crippen LogP contribution is -1.59. The zero-order valence-electron chi connectivity index (χ0n) is 3.79. The van der Waals surface area contributed by atoms with Crippen LogP contribution < -0.4 is 0 Å². The highest BCUT2D eigenvalue weighted by molar-refractivity contribution is 7.36. The lowest BCUT2D eigenvalue weighted by atomic mass is 10.9. The molecule has 2 heterocycles. The van der Waals surface area contributed by atoms with E-state index in [-0.39, 0.29) is 0 Å². The number of aromatic nitrogens is 2. The Morgan fingerprint density at radius 2 is 2.62 bits per heavy atom. The zero-order chi connectivity index (χ0) is 5.40. The van der Waals surface area contributed by atoms with Crippen LogP contribution in [0.25, 0.3) is 9.66 Å². The molecular formula is C4HN2S2. The summed E-state index contributed by atoms with van der Waals surface area (Å²) >= 11 is 3.12. The van der Waals surface area contributed by atoms with Crippen LogP contribution in [0, 0.1) is 5.51 Å². The Kier molecular flexibility index (Phi) is 0.824. The Morgan fingerprint density at radius 1 is 1.62 bits per heavy atom. The predicted octanol–water partition coefficient (Wildman–Crippen LogP) is 1.55.